The molecule has 164 valence electrons. The second-order valence-corrected chi connectivity index (χ2v) is 8.33. The van der Waals surface area contributed by atoms with Gasteiger partial charge in [-0.3, -0.25) is 0 Å². The maximum absolute atomic E-state index is 6.39. The third-order valence-electron chi connectivity index (χ3n) is 5.10. The number of anilines is 1. The summed E-state index contributed by atoms with van der Waals surface area (Å²) < 4.78 is 12.6. The SMILES string of the molecule is C=CCSc1nnc2c(n1)O[C@H](c1ccccc1OCc1ccccc1)Nc1ccccc1-2. The lowest BCUT2D eigenvalue weighted by atomic mass is 10.1. The number of aromatic nitrogens is 3. The highest BCUT2D eigenvalue weighted by molar-refractivity contribution is 7.99. The molecule has 0 saturated carbocycles. The smallest absolute Gasteiger partial charge is 0.247 e. The predicted octanol–water partition coefficient (Wildman–Crippen LogP) is 5.90. The van der Waals surface area contributed by atoms with Crippen molar-refractivity contribution in [3.63, 3.8) is 0 Å². The lowest BCUT2D eigenvalue weighted by Crippen LogP contribution is -2.18. The Kier molecular flexibility index (Phi) is 6.21. The third kappa shape index (κ3) is 4.68. The van der Waals surface area contributed by atoms with Gasteiger partial charge < -0.3 is 14.8 Å². The third-order valence-corrected chi connectivity index (χ3v) is 5.94. The summed E-state index contributed by atoms with van der Waals surface area (Å²) in [5.41, 5.74) is 4.35. The zero-order chi connectivity index (χ0) is 22.5. The molecule has 1 aliphatic rings. The van der Waals surface area contributed by atoms with Crippen LogP contribution in [0.4, 0.5) is 5.69 Å². The summed E-state index contributed by atoms with van der Waals surface area (Å²) >= 11 is 1.46. The Bertz CT molecular complexity index is 1270. The van der Waals surface area contributed by atoms with Gasteiger partial charge in [-0.1, -0.05) is 78.5 Å². The van der Waals surface area contributed by atoms with Crippen LogP contribution in [0, 0.1) is 0 Å². The average molecular weight is 455 g/mol. The number of benzene rings is 3. The minimum absolute atomic E-state index is 0.428. The minimum atomic E-state index is -0.520. The molecule has 4 aromatic rings. The van der Waals surface area contributed by atoms with Crippen LogP contribution in [0.5, 0.6) is 11.6 Å². The van der Waals surface area contributed by atoms with Crippen molar-refractivity contribution in [3.8, 4) is 22.9 Å². The zero-order valence-electron chi connectivity index (χ0n) is 17.8. The van der Waals surface area contributed by atoms with Gasteiger partial charge in [0.05, 0.1) is 5.56 Å². The largest absolute Gasteiger partial charge is 0.488 e. The number of thioether (sulfide) groups is 1. The maximum Gasteiger partial charge on any atom is 0.247 e. The highest BCUT2D eigenvalue weighted by Gasteiger charge is 2.27. The van der Waals surface area contributed by atoms with E-state index in [-0.39, 0.29) is 0 Å². The zero-order valence-corrected chi connectivity index (χ0v) is 18.7. The molecule has 0 saturated heterocycles. The van der Waals surface area contributed by atoms with Crippen molar-refractivity contribution >= 4 is 17.4 Å². The summed E-state index contributed by atoms with van der Waals surface area (Å²) in [7, 11) is 0. The number of hydrogen-bond donors (Lipinski definition) is 1. The molecule has 0 unspecified atom stereocenters. The normalized spacial score (nSPS) is 14.1. The Morgan fingerprint density at radius 3 is 2.64 bits per heavy atom. The summed E-state index contributed by atoms with van der Waals surface area (Å²) in [4.78, 5) is 4.65. The lowest BCUT2D eigenvalue weighted by molar-refractivity contribution is 0.214. The van der Waals surface area contributed by atoms with Crippen LogP contribution in [-0.4, -0.2) is 20.9 Å². The maximum atomic E-state index is 6.39. The van der Waals surface area contributed by atoms with Crippen LogP contribution in [0.3, 0.4) is 0 Å². The molecule has 0 fully saturated rings. The molecule has 7 heteroatoms. The molecule has 2 heterocycles. The van der Waals surface area contributed by atoms with E-state index in [1.54, 1.807) is 6.08 Å². The summed E-state index contributed by atoms with van der Waals surface area (Å²) in [5, 5.41) is 12.7. The van der Waals surface area contributed by atoms with Crippen LogP contribution in [0.1, 0.15) is 17.4 Å². The highest BCUT2D eigenvalue weighted by atomic mass is 32.2. The van der Waals surface area contributed by atoms with Crippen molar-refractivity contribution in [1.29, 1.82) is 0 Å². The van der Waals surface area contributed by atoms with E-state index >= 15 is 0 Å². The van der Waals surface area contributed by atoms with Crippen molar-refractivity contribution in [2.45, 2.75) is 18.0 Å². The first-order chi connectivity index (χ1) is 16.3. The van der Waals surface area contributed by atoms with E-state index in [1.807, 2.05) is 78.9 Å². The first-order valence-electron chi connectivity index (χ1n) is 10.6. The molecule has 0 bridgehead atoms. The number of fused-ring (bicyclic) bond motifs is 3. The monoisotopic (exact) mass is 454 g/mol. The van der Waals surface area contributed by atoms with Gasteiger partial charge in [0, 0.05) is 17.0 Å². The van der Waals surface area contributed by atoms with E-state index in [1.165, 1.54) is 11.8 Å². The Labute approximate surface area is 196 Å². The van der Waals surface area contributed by atoms with Crippen molar-refractivity contribution in [2.24, 2.45) is 0 Å². The van der Waals surface area contributed by atoms with Gasteiger partial charge in [0.2, 0.25) is 17.3 Å². The van der Waals surface area contributed by atoms with Crippen LogP contribution >= 0.6 is 11.8 Å². The molecule has 3 aromatic carbocycles. The van der Waals surface area contributed by atoms with Gasteiger partial charge in [-0.2, -0.15) is 4.98 Å². The van der Waals surface area contributed by atoms with Gasteiger partial charge in [0.15, 0.2) is 5.69 Å². The minimum Gasteiger partial charge on any atom is -0.488 e. The molecule has 0 radical (unpaired) electrons. The van der Waals surface area contributed by atoms with Gasteiger partial charge >= 0.3 is 0 Å². The first-order valence-corrected chi connectivity index (χ1v) is 11.6. The van der Waals surface area contributed by atoms with Crippen molar-refractivity contribution in [1.82, 2.24) is 15.2 Å². The van der Waals surface area contributed by atoms with E-state index in [0.717, 1.165) is 28.1 Å². The van der Waals surface area contributed by atoms with Crippen LogP contribution in [0.25, 0.3) is 11.3 Å². The summed E-state index contributed by atoms with van der Waals surface area (Å²) in [6.07, 6.45) is 1.29. The second kappa shape index (κ2) is 9.75. The average Bonchev–Trinajstić information content (AvgIpc) is 3.03. The number of hydrogen-bond acceptors (Lipinski definition) is 7. The quantitative estimate of drug-likeness (QED) is 0.275. The number of nitrogens with one attached hydrogen (secondary N) is 1. The molecule has 6 nitrogen and oxygen atoms in total. The van der Waals surface area contributed by atoms with Crippen LogP contribution in [0.2, 0.25) is 0 Å². The Hall–Kier alpha value is -3.84. The number of nitrogens with zero attached hydrogens (tertiary/aromatic N) is 3. The fraction of sp³-hybridized carbons (Fsp3) is 0.115. The van der Waals surface area contributed by atoms with Gasteiger partial charge in [-0.25, -0.2) is 0 Å². The standard InChI is InChI=1S/C26H22N4O2S/c1-2-16-33-26-28-25-23(29-30-26)19-12-6-8-14-21(19)27-24(32-25)20-13-7-9-15-22(20)31-17-18-10-4-3-5-11-18/h2-15,24,27H,1,16-17H2/t24-/m1/s1. The van der Waals surface area contributed by atoms with Crippen molar-refractivity contribution in [2.75, 3.05) is 11.1 Å². The van der Waals surface area contributed by atoms with E-state index in [2.05, 4.69) is 27.1 Å². The molecule has 1 aromatic heterocycles. The van der Waals surface area contributed by atoms with Gasteiger partial charge in [0.25, 0.3) is 0 Å². The van der Waals surface area contributed by atoms with E-state index < -0.39 is 6.23 Å². The summed E-state index contributed by atoms with van der Waals surface area (Å²) in [5.74, 6) is 1.86. The first kappa shape index (κ1) is 21.0. The fourth-order valence-electron chi connectivity index (χ4n) is 3.55. The number of ether oxygens (including phenoxy) is 2. The Morgan fingerprint density at radius 1 is 0.970 bits per heavy atom. The van der Waals surface area contributed by atoms with Crippen LogP contribution < -0.4 is 14.8 Å². The van der Waals surface area contributed by atoms with Crippen molar-refractivity contribution in [3.05, 3.63) is 103 Å². The summed E-state index contributed by atoms with van der Waals surface area (Å²) in [6, 6.07) is 25.9. The van der Waals surface area contributed by atoms with E-state index in [9.17, 15) is 0 Å². The van der Waals surface area contributed by atoms with Gasteiger partial charge in [-0.15, -0.1) is 16.8 Å². The summed E-state index contributed by atoms with van der Waals surface area (Å²) in [6.45, 7) is 4.22. The number of para-hydroxylation sites is 2. The molecule has 1 N–H and O–H groups in total. The highest BCUT2D eigenvalue weighted by Crippen LogP contribution is 2.41. The van der Waals surface area contributed by atoms with Crippen LogP contribution in [0.15, 0.2) is 96.7 Å². The van der Waals surface area contributed by atoms with Crippen molar-refractivity contribution < 1.29 is 9.47 Å². The van der Waals surface area contributed by atoms with Gasteiger partial charge in [-0.05, 0) is 23.8 Å². The molecule has 0 amide bonds. The molecule has 33 heavy (non-hydrogen) atoms. The molecule has 5 rings (SSSR count). The Morgan fingerprint density at radius 2 is 1.76 bits per heavy atom. The molecule has 0 spiro atoms. The predicted molar refractivity (Wildman–Crippen MR) is 130 cm³/mol. The van der Waals surface area contributed by atoms with Crippen LogP contribution in [-0.2, 0) is 6.61 Å². The van der Waals surface area contributed by atoms with E-state index in [4.69, 9.17) is 9.47 Å². The molecular formula is C26H22N4O2S. The molecule has 1 atom stereocenters. The molecule has 0 aliphatic carbocycles. The molecular weight excluding hydrogens is 432 g/mol. The van der Waals surface area contributed by atoms with E-state index in [0.29, 0.717) is 29.1 Å². The fourth-order valence-corrected chi connectivity index (χ4v) is 4.06. The topological polar surface area (TPSA) is 69.2 Å². The molecule has 1 aliphatic heterocycles. The lowest BCUT2D eigenvalue weighted by Gasteiger charge is -2.22. The Balaban J connectivity index is 1.50. The number of rotatable bonds is 7. The second-order valence-electron chi connectivity index (χ2n) is 7.35. The van der Waals surface area contributed by atoms with Gasteiger partial charge in [0.1, 0.15) is 12.4 Å².